The summed E-state index contributed by atoms with van der Waals surface area (Å²) in [6, 6.07) is 4.31. The minimum atomic E-state index is -0.164. The maximum atomic E-state index is 11.5. The van der Waals surface area contributed by atoms with Crippen LogP contribution in [0.1, 0.15) is 92.2 Å². The number of hydrogen-bond donors (Lipinski definition) is 0. The predicted octanol–water partition coefficient (Wildman–Crippen LogP) is 6.43. The lowest BCUT2D eigenvalue weighted by atomic mass is 9.71. The second kappa shape index (κ2) is 9.86. The topological polar surface area (TPSA) is 44.8 Å². The molecule has 0 heterocycles. The highest BCUT2D eigenvalue weighted by Crippen LogP contribution is 2.46. The summed E-state index contributed by atoms with van der Waals surface area (Å²) in [6.07, 6.45) is 3.09. The number of carbonyl (C=O) groups is 1. The Kier molecular flexibility index (Phi) is 8.61. The molecule has 166 valence electrons. The molecule has 0 N–H and O–H groups in total. The Hall–Kier alpha value is -1.71. The average molecular weight is 407 g/mol. The first-order valence-corrected chi connectivity index (χ1v) is 10.7. The van der Waals surface area contributed by atoms with Gasteiger partial charge >= 0.3 is 5.97 Å². The zero-order chi connectivity index (χ0) is 22.5. The zero-order valence-electron chi connectivity index (χ0n) is 20.3. The Bertz CT molecular complexity index is 681. The molecule has 0 spiro atoms. The molecule has 4 nitrogen and oxygen atoms in total. The Morgan fingerprint density at radius 3 is 1.93 bits per heavy atom. The summed E-state index contributed by atoms with van der Waals surface area (Å²) < 4.78 is 16.7. The van der Waals surface area contributed by atoms with Gasteiger partial charge in [-0.1, -0.05) is 48.5 Å². The summed E-state index contributed by atoms with van der Waals surface area (Å²) in [4.78, 5) is 11.5. The third kappa shape index (κ3) is 7.24. The van der Waals surface area contributed by atoms with Crippen LogP contribution in [0.2, 0.25) is 0 Å². The summed E-state index contributed by atoms with van der Waals surface area (Å²) in [7, 11) is 3.17. The number of carbonyl (C=O) groups excluding carboxylic acids is 1. The van der Waals surface area contributed by atoms with Crippen LogP contribution in [0, 0.1) is 5.41 Å². The Morgan fingerprint density at radius 1 is 0.897 bits per heavy atom. The van der Waals surface area contributed by atoms with Crippen molar-refractivity contribution in [1.82, 2.24) is 0 Å². The van der Waals surface area contributed by atoms with Gasteiger partial charge in [-0.05, 0) is 54.6 Å². The molecular weight excluding hydrogens is 364 g/mol. The van der Waals surface area contributed by atoms with Crippen LogP contribution >= 0.6 is 0 Å². The van der Waals surface area contributed by atoms with Gasteiger partial charge in [0.1, 0.15) is 11.5 Å². The molecule has 0 unspecified atom stereocenters. The van der Waals surface area contributed by atoms with E-state index in [1.165, 1.54) is 12.7 Å². The molecule has 0 aliphatic carbocycles. The fourth-order valence-electron chi connectivity index (χ4n) is 4.39. The van der Waals surface area contributed by atoms with Crippen LogP contribution in [0.15, 0.2) is 12.1 Å². The van der Waals surface area contributed by atoms with Gasteiger partial charge in [0.05, 0.1) is 20.8 Å². The van der Waals surface area contributed by atoms with E-state index in [4.69, 9.17) is 14.2 Å². The number of esters is 1. The number of hydrogen-bond acceptors (Lipinski definition) is 4. The van der Waals surface area contributed by atoms with Gasteiger partial charge in [0.25, 0.3) is 0 Å². The molecule has 0 amide bonds. The molecule has 29 heavy (non-hydrogen) atoms. The van der Waals surface area contributed by atoms with Crippen molar-refractivity contribution in [3.63, 3.8) is 0 Å². The van der Waals surface area contributed by atoms with E-state index in [9.17, 15) is 4.79 Å². The number of methoxy groups -OCH3 is 2. The van der Waals surface area contributed by atoms with Crippen molar-refractivity contribution in [2.24, 2.45) is 5.41 Å². The molecule has 0 aliphatic heterocycles. The second-order valence-electron chi connectivity index (χ2n) is 10.4. The van der Waals surface area contributed by atoms with Crippen molar-refractivity contribution in [2.75, 3.05) is 20.8 Å². The van der Waals surface area contributed by atoms with Crippen molar-refractivity contribution in [3.8, 4) is 11.5 Å². The Balaban J connectivity index is 3.37. The molecule has 0 bridgehead atoms. The lowest BCUT2D eigenvalue weighted by Gasteiger charge is -2.36. The molecule has 1 rings (SSSR count). The summed E-state index contributed by atoms with van der Waals surface area (Å²) in [6.45, 7) is 18.4. The van der Waals surface area contributed by atoms with E-state index < -0.39 is 0 Å². The van der Waals surface area contributed by atoms with Gasteiger partial charge in [-0.25, -0.2) is 0 Å². The van der Waals surface area contributed by atoms with E-state index in [1.54, 1.807) is 7.11 Å². The normalized spacial score (nSPS) is 12.6. The molecule has 4 heteroatoms. The maximum Gasteiger partial charge on any atom is 0.305 e. The predicted molar refractivity (Wildman–Crippen MR) is 120 cm³/mol. The molecule has 0 fully saturated rings. The fraction of sp³-hybridized carbons (Fsp3) is 0.720. The van der Waals surface area contributed by atoms with Crippen LogP contribution in [-0.2, 0) is 20.4 Å². The lowest BCUT2D eigenvalue weighted by Crippen LogP contribution is -2.26. The van der Waals surface area contributed by atoms with E-state index in [0.29, 0.717) is 13.0 Å². The van der Waals surface area contributed by atoms with E-state index in [-0.39, 0.29) is 22.2 Å². The summed E-state index contributed by atoms with van der Waals surface area (Å²) in [5.74, 6) is 1.65. The first-order chi connectivity index (χ1) is 13.3. The van der Waals surface area contributed by atoms with Gasteiger partial charge in [0.2, 0.25) is 0 Å². The van der Waals surface area contributed by atoms with Gasteiger partial charge in [-0.15, -0.1) is 0 Å². The minimum absolute atomic E-state index is 0.0526. The third-order valence-corrected chi connectivity index (χ3v) is 5.44. The van der Waals surface area contributed by atoms with E-state index in [1.807, 2.05) is 6.92 Å². The zero-order valence-corrected chi connectivity index (χ0v) is 20.3. The van der Waals surface area contributed by atoms with Crippen molar-refractivity contribution in [2.45, 2.75) is 91.9 Å². The number of benzene rings is 1. The van der Waals surface area contributed by atoms with E-state index >= 15 is 0 Å². The molecule has 1 aromatic rings. The van der Waals surface area contributed by atoms with Crippen LogP contribution in [0.5, 0.6) is 11.5 Å². The van der Waals surface area contributed by atoms with Crippen LogP contribution in [0.25, 0.3) is 0 Å². The second-order valence-corrected chi connectivity index (χ2v) is 10.4. The Labute approximate surface area is 178 Å². The Morgan fingerprint density at radius 2 is 1.45 bits per heavy atom. The van der Waals surface area contributed by atoms with Crippen molar-refractivity contribution >= 4 is 5.97 Å². The number of ether oxygens (including phenoxy) is 3. The smallest absolute Gasteiger partial charge is 0.305 e. The van der Waals surface area contributed by atoms with Crippen molar-refractivity contribution in [1.29, 1.82) is 0 Å². The first kappa shape index (κ1) is 25.3. The molecule has 1 aromatic carbocycles. The van der Waals surface area contributed by atoms with Gasteiger partial charge in [-0.3, -0.25) is 4.79 Å². The third-order valence-electron chi connectivity index (χ3n) is 5.44. The largest absolute Gasteiger partial charge is 0.496 e. The van der Waals surface area contributed by atoms with Gasteiger partial charge in [-0.2, -0.15) is 0 Å². The molecule has 0 aliphatic rings. The first-order valence-electron chi connectivity index (χ1n) is 10.7. The van der Waals surface area contributed by atoms with Crippen LogP contribution in [0.3, 0.4) is 0 Å². The molecular formula is C25H42O4. The maximum absolute atomic E-state index is 11.5. The number of rotatable bonds is 10. The van der Waals surface area contributed by atoms with Crippen molar-refractivity contribution < 1.29 is 19.0 Å². The quantitative estimate of drug-likeness (QED) is 0.420. The average Bonchev–Trinajstić information content (AvgIpc) is 2.59. The molecule has 0 atom stereocenters. The molecule has 0 aromatic heterocycles. The van der Waals surface area contributed by atoms with Crippen LogP contribution < -0.4 is 9.47 Å². The highest BCUT2D eigenvalue weighted by Gasteiger charge is 2.33. The van der Waals surface area contributed by atoms with Gasteiger partial charge in [0, 0.05) is 17.5 Å². The standard InChI is InChI=1S/C25H42O4/c1-11-29-21-16-18(25(7,8)17-23(2,3)4)20(27-9)15-19(21)24(5,6)14-12-13-22(26)28-10/h15-16H,11-14,17H2,1-10H3. The van der Waals surface area contributed by atoms with Crippen LogP contribution in [0.4, 0.5) is 0 Å². The lowest BCUT2D eigenvalue weighted by molar-refractivity contribution is -0.140. The van der Waals surface area contributed by atoms with Gasteiger partial charge in [0.15, 0.2) is 0 Å². The summed E-state index contributed by atoms with van der Waals surface area (Å²) in [5.41, 5.74) is 2.29. The van der Waals surface area contributed by atoms with E-state index in [2.05, 4.69) is 60.6 Å². The highest BCUT2D eigenvalue weighted by molar-refractivity contribution is 5.69. The SMILES string of the molecule is CCOc1cc(C(C)(C)CC(C)(C)C)c(OC)cc1C(C)(C)CCCC(=O)OC. The highest BCUT2D eigenvalue weighted by atomic mass is 16.5. The molecule has 0 radical (unpaired) electrons. The van der Waals surface area contributed by atoms with Crippen LogP contribution in [-0.4, -0.2) is 26.8 Å². The van der Waals surface area contributed by atoms with Gasteiger partial charge < -0.3 is 14.2 Å². The minimum Gasteiger partial charge on any atom is -0.496 e. The molecule has 0 saturated heterocycles. The molecule has 0 saturated carbocycles. The fourth-order valence-corrected chi connectivity index (χ4v) is 4.39. The van der Waals surface area contributed by atoms with Crippen molar-refractivity contribution in [3.05, 3.63) is 23.3 Å². The summed E-state index contributed by atoms with van der Waals surface area (Å²) >= 11 is 0. The monoisotopic (exact) mass is 406 g/mol. The van der Waals surface area contributed by atoms with E-state index in [0.717, 1.165) is 36.3 Å². The summed E-state index contributed by atoms with van der Waals surface area (Å²) in [5, 5.41) is 0.